The molecule has 0 spiro atoms. The number of carbonyl (C=O) groups is 2. The number of unbranched alkanes of at least 4 members (excludes halogenated alkanes) is 2. The third-order valence-corrected chi connectivity index (χ3v) is 3.13. The number of ether oxygens (including phenoxy) is 1. The van der Waals surface area contributed by atoms with E-state index in [0.717, 1.165) is 30.4 Å². The van der Waals surface area contributed by atoms with E-state index in [-0.39, 0.29) is 11.8 Å². The summed E-state index contributed by atoms with van der Waals surface area (Å²) in [7, 11) is 1.39. The van der Waals surface area contributed by atoms with Crippen LogP contribution in [-0.2, 0) is 16.0 Å². The Morgan fingerprint density at radius 1 is 1.05 bits per heavy atom. The van der Waals surface area contributed by atoms with Gasteiger partial charge in [-0.25, -0.2) is 0 Å². The van der Waals surface area contributed by atoms with Gasteiger partial charge in [-0.1, -0.05) is 44.0 Å². The second-order valence-corrected chi connectivity index (χ2v) is 4.65. The summed E-state index contributed by atoms with van der Waals surface area (Å²) in [4.78, 5) is 22.9. The van der Waals surface area contributed by atoms with Crippen LogP contribution in [0.2, 0.25) is 0 Å². The van der Waals surface area contributed by atoms with Crippen LogP contribution in [0, 0.1) is 0 Å². The van der Waals surface area contributed by atoms with Crippen molar-refractivity contribution < 1.29 is 14.3 Å². The number of methoxy groups -OCH3 is 1. The van der Waals surface area contributed by atoms with Crippen LogP contribution < -0.4 is 0 Å². The molecule has 0 saturated carbocycles. The molecule has 0 aliphatic rings. The first-order valence-electron chi connectivity index (χ1n) is 6.86. The highest BCUT2D eigenvalue weighted by molar-refractivity contribution is 5.96. The molecule has 0 heterocycles. The molecule has 0 bridgehead atoms. The third kappa shape index (κ3) is 5.69. The fourth-order valence-corrected chi connectivity index (χ4v) is 1.89. The minimum atomic E-state index is -0.209. The number of hydrogen-bond donors (Lipinski definition) is 0. The Bertz CT molecular complexity index is 407. The first-order valence-corrected chi connectivity index (χ1v) is 6.86. The van der Waals surface area contributed by atoms with E-state index in [1.165, 1.54) is 7.11 Å². The van der Waals surface area contributed by atoms with Crippen LogP contribution in [0.25, 0.3) is 0 Å². The molecule has 104 valence electrons. The minimum absolute atomic E-state index is 0.202. The molecular weight excluding hydrogens is 240 g/mol. The highest BCUT2D eigenvalue weighted by atomic mass is 16.5. The van der Waals surface area contributed by atoms with Crippen molar-refractivity contribution in [3.05, 3.63) is 35.4 Å². The van der Waals surface area contributed by atoms with Gasteiger partial charge in [0.2, 0.25) is 0 Å². The number of carbonyl (C=O) groups excluding carboxylic acids is 2. The SMILES string of the molecule is CCCCCC(=O)c1ccc(CCC(=O)OC)cc1. The molecule has 0 unspecified atom stereocenters. The van der Waals surface area contributed by atoms with E-state index in [4.69, 9.17) is 0 Å². The third-order valence-electron chi connectivity index (χ3n) is 3.13. The van der Waals surface area contributed by atoms with Crippen molar-refractivity contribution in [2.24, 2.45) is 0 Å². The summed E-state index contributed by atoms with van der Waals surface area (Å²) >= 11 is 0. The molecule has 0 radical (unpaired) electrons. The lowest BCUT2D eigenvalue weighted by Crippen LogP contribution is -2.02. The molecule has 1 rings (SSSR count). The predicted octanol–water partition coefficient (Wildman–Crippen LogP) is 3.56. The van der Waals surface area contributed by atoms with Gasteiger partial charge < -0.3 is 4.74 Å². The first-order chi connectivity index (χ1) is 9.17. The molecule has 0 fully saturated rings. The maximum atomic E-state index is 11.9. The Balaban J connectivity index is 2.46. The first kappa shape index (κ1) is 15.4. The van der Waals surface area contributed by atoms with Gasteiger partial charge in [-0.15, -0.1) is 0 Å². The van der Waals surface area contributed by atoms with Crippen molar-refractivity contribution in [2.75, 3.05) is 7.11 Å². The fraction of sp³-hybridized carbons (Fsp3) is 0.500. The van der Waals surface area contributed by atoms with E-state index in [0.29, 0.717) is 19.3 Å². The Hall–Kier alpha value is -1.64. The van der Waals surface area contributed by atoms with E-state index < -0.39 is 0 Å². The molecule has 0 amide bonds. The highest BCUT2D eigenvalue weighted by Gasteiger charge is 2.06. The average Bonchev–Trinajstić information content (AvgIpc) is 2.45. The van der Waals surface area contributed by atoms with Crippen LogP contribution >= 0.6 is 0 Å². The molecule has 0 aromatic heterocycles. The lowest BCUT2D eigenvalue weighted by Gasteiger charge is -2.03. The van der Waals surface area contributed by atoms with Gasteiger partial charge in [-0.2, -0.15) is 0 Å². The Morgan fingerprint density at radius 3 is 2.32 bits per heavy atom. The minimum Gasteiger partial charge on any atom is -0.469 e. The van der Waals surface area contributed by atoms with Gasteiger partial charge >= 0.3 is 5.97 Å². The van der Waals surface area contributed by atoms with Gasteiger partial charge in [0, 0.05) is 18.4 Å². The van der Waals surface area contributed by atoms with Crippen molar-refractivity contribution >= 4 is 11.8 Å². The number of Topliss-reactive ketones (excluding diaryl/α,β-unsaturated/α-hetero) is 1. The zero-order valence-corrected chi connectivity index (χ0v) is 11.8. The van der Waals surface area contributed by atoms with E-state index in [2.05, 4.69) is 11.7 Å². The van der Waals surface area contributed by atoms with Crippen molar-refractivity contribution in [3.8, 4) is 0 Å². The van der Waals surface area contributed by atoms with E-state index in [1.807, 2.05) is 24.3 Å². The van der Waals surface area contributed by atoms with Crippen molar-refractivity contribution in [1.29, 1.82) is 0 Å². The Labute approximate surface area is 115 Å². The maximum absolute atomic E-state index is 11.9. The maximum Gasteiger partial charge on any atom is 0.305 e. The van der Waals surface area contributed by atoms with Crippen LogP contribution in [0.1, 0.15) is 54.9 Å². The Kier molecular flexibility index (Phi) is 6.86. The molecule has 0 aliphatic carbocycles. The lowest BCUT2D eigenvalue weighted by molar-refractivity contribution is -0.140. The van der Waals surface area contributed by atoms with Gasteiger partial charge in [0.1, 0.15) is 0 Å². The number of ketones is 1. The molecule has 0 N–H and O–H groups in total. The normalized spacial score (nSPS) is 10.2. The van der Waals surface area contributed by atoms with Crippen LogP contribution in [0.3, 0.4) is 0 Å². The number of esters is 1. The summed E-state index contributed by atoms with van der Waals surface area (Å²) in [5.74, 6) is -0.00677. The van der Waals surface area contributed by atoms with Gasteiger partial charge in [0.15, 0.2) is 5.78 Å². The van der Waals surface area contributed by atoms with Crippen LogP contribution in [0.5, 0.6) is 0 Å². The van der Waals surface area contributed by atoms with E-state index in [1.54, 1.807) is 0 Å². The van der Waals surface area contributed by atoms with Gasteiger partial charge in [0.05, 0.1) is 7.11 Å². The molecular formula is C16H22O3. The fourth-order valence-electron chi connectivity index (χ4n) is 1.89. The number of rotatable bonds is 8. The summed E-state index contributed by atoms with van der Waals surface area (Å²) in [6.45, 7) is 2.13. The van der Waals surface area contributed by atoms with Gasteiger partial charge in [0.25, 0.3) is 0 Å². The predicted molar refractivity (Wildman–Crippen MR) is 75.3 cm³/mol. The summed E-state index contributed by atoms with van der Waals surface area (Å²) in [5.41, 5.74) is 1.81. The topological polar surface area (TPSA) is 43.4 Å². The molecule has 0 aliphatic heterocycles. The summed E-state index contributed by atoms with van der Waals surface area (Å²) < 4.78 is 4.60. The van der Waals surface area contributed by atoms with Crippen LogP contribution in [0.15, 0.2) is 24.3 Å². The molecule has 0 atom stereocenters. The number of aryl methyl sites for hydroxylation is 1. The number of benzene rings is 1. The van der Waals surface area contributed by atoms with Crippen LogP contribution in [-0.4, -0.2) is 18.9 Å². The summed E-state index contributed by atoms with van der Waals surface area (Å²) in [6.07, 6.45) is 4.83. The monoisotopic (exact) mass is 262 g/mol. The highest BCUT2D eigenvalue weighted by Crippen LogP contribution is 2.11. The molecule has 19 heavy (non-hydrogen) atoms. The van der Waals surface area contributed by atoms with Crippen LogP contribution in [0.4, 0.5) is 0 Å². The van der Waals surface area contributed by atoms with Crippen molar-refractivity contribution in [1.82, 2.24) is 0 Å². The second kappa shape index (κ2) is 8.46. The molecule has 3 nitrogen and oxygen atoms in total. The Morgan fingerprint density at radius 2 is 1.74 bits per heavy atom. The zero-order valence-electron chi connectivity index (χ0n) is 11.8. The average molecular weight is 262 g/mol. The largest absolute Gasteiger partial charge is 0.469 e. The van der Waals surface area contributed by atoms with Crippen molar-refractivity contribution in [3.63, 3.8) is 0 Å². The molecule has 1 aromatic carbocycles. The second-order valence-electron chi connectivity index (χ2n) is 4.65. The summed E-state index contributed by atoms with van der Waals surface area (Å²) in [5, 5.41) is 0. The van der Waals surface area contributed by atoms with E-state index >= 15 is 0 Å². The molecule has 1 aromatic rings. The molecule has 0 saturated heterocycles. The van der Waals surface area contributed by atoms with Crippen molar-refractivity contribution in [2.45, 2.75) is 45.4 Å². The molecule has 3 heteroatoms. The quantitative estimate of drug-likeness (QED) is 0.409. The van der Waals surface area contributed by atoms with Gasteiger partial charge in [-0.05, 0) is 18.4 Å². The standard InChI is InChI=1S/C16H22O3/c1-3-4-5-6-15(17)14-10-7-13(8-11-14)9-12-16(18)19-2/h7-8,10-11H,3-6,9,12H2,1-2H3. The summed E-state index contributed by atoms with van der Waals surface area (Å²) in [6, 6.07) is 7.52. The number of hydrogen-bond acceptors (Lipinski definition) is 3. The van der Waals surface area contributed by atoms with Gasteiger partial charge in [-0.3, -0.25) is 9.59 Å². The smallest absolute Gasteiger partial charge is 0.305 e. The lowest BCUT2D eigenvalue weighted by atomic mass is 10.0. The zero-order chi connectivity index (χ0) is 14.1. The van der Waals surface area contributed by atoms with E-state index in [9.17, 15) is 9.59 Å².